The number of aromatic nitrogens is 3. The van der Waals surface area contributed by atoms with Crippen LogP contribution in [0.1, 0.15) is 32.4 Å². The van der Waals surface area contributed by atoms with E-state index in [4.69, 9.17) is 4.98 Å². The van der Waals surface area contributed by atoms with Crippen LogP contribution in [-0.4, -0.2) is 65.0 Å². The van der Waals surface area contributed by atoms with E-state index in [2.05, 4.69) is 20.6 Å². The third kappa shape index (κ3) is 3.34. The van der Waals surface area contributed by atoms with Gasteiger partial charge in [-0.15, -0.1) is 11.3 Å². The second-order valence-corrected chi connectivity index (χ2v) is 10.4. The second kappa shape index (κ2) is 7.06. The molecule has 6 N–H and O–H groups in total. The van der Waals surface area contributed by atoms with E-state index in [0.29, 0.717) is 28.5 Å². The zero-order valence-electron chi connectivity index (χ0n) is 18.1. The maximum absolute atomic E-state index is 11.3. The summed E-state index contributed by atoms with van der Waals surface area (Å²) in [5.74, 6) is 0.227. The standard InChI is InChI=1S/C22H27N5O4S/c1-11-15(18-25-13-6-4-5-7-14(13)32-18)17(26-19(24-11)23-10-20(2,3)29)27-21(30)9-8-12-16(28)22(12,21)31/h4-7,12,16,28-31H,8-10H2,1-3H3,(H2,23,24,26,27). The number of hydrogen-bond donors (Lipinski definition) is 6. The number of aryl methyl sites for hydroxylation is 1. The predicted molar refractivity (Wildman–Crippen MR) is 122 cm³/mol. The summed E-state index contributed by atoms with van der Waals surface area (Å²) < 4.78 is 1.01. The Morgan fingerprint density at radius 1 is 1.19 bits per heavy atom. The molecule has 3 aromatic rings. The van der Waals surface area contributed by atoms with Crippen LogP contribution in [0.2, 0.25) is 0 Å². The van der Waals surface area contributed by atoms with E-state index in [-0.39, 0.29) is 24.8 Å². The fourth-order valence-electron chi connectivity index (χ4n) is 4.55. The van der Waals surface area contributed by atoms with Gasteiger partial charge in [0.05, 0.1) is 33.2 Å². The molecule has 1 aromatic carbocycles. The number of aliphatic hydroxyl groups is 4. The number of aliphatic hydroxyl groups excluding tert-OH is 1. The summed E-state index contributed by atoms with van der Waals surface area (Å²) in [6.07, 6.45) is -0.193. The van der Waals surface area contributed by atoms with Crippen molar-refractivity contribution in [3.63, 3.8) is 0 Å². The minimum atomic E-state index is -1.73. The minimum absolute atomic E-state index is 0.224. The molecule has 32 heavy (non-hydrogen) atoms. The van der Waals surface area contributed by atoms with E-state index in [1.54, 1.807) is 13.8 Å². The lowest BCUT2D eigenvalue weighted by atomic mass is 10.0. The molecule has 2 aliphatic carbocycles. The first kappa shape index (κ1) is 21.5. The average molecular weight is 458 g/mol. The van der Waals surface area contributed by atoms with Gasteiger partial charge in [-0.05, 0) is 45.7 Å². The van der Waals surface area contributed by atoms with Crippen LogP contribution in [0.4, 0.5) is 11.8 Å². The van der Waals surface area contributed by atoms with E-state index >= 15 is 0 Å². The van der Waals surface area contributed by atoms with Crippen molar-refractivity contribution in [2.45, 2.75) is 56.6 Å². The van der Waals surface area contributed by atoms with E-state index in [1.165, 1.54) is 11.3 Å². The number of nitrogens with one attached hydrogen (secondary N) is 2. The molecule has 10 heteroatoms. The van der Waals surface area contributed by atoms with Crippen LogP contribution in [0.3, 0.4) is 0 Å². The summed E-state index contributed by atoms with van der Waals surface area (Å²) in [6.45, 7) is 5.40. The monoisotopic (exact) mass is 457 g/mol. The topological polar surface area (TPSA) is 144 Å². The molecule has 0 saturated heterocycles. The van der Waals surface area contributed by atoms with Crippen molar-refractivity contribution in [1.82, 2.24) is 15.0 Å². The number of anilines is 2. The maximum atomic E-state index is 11.3. The molecule has 170 valence electrons. The van der Waals surface area contributed by atoms with Crippen LogP contribution in [0.15, 0.2) is 24.3 Å². The van der Waals surface area contributed by atoms with Crippen molar-refractivity contribution in [3.05, 3.63) is 30.0 Å². The minimum Gasteiger partial charge on any atom is -0.390 e. The van der Waals surface area contributed by atoms with Gasteiger partial charge in [-0.1, -0.05) is 12.1 Å². The van der Waals surface area contributed by atoms with Gasteiger partial charge in [-0.2, -0.15) is 4.98 Å². The molecular formula is C22H27N5O4S. The lowest BCUT2D eigenvalue weighted by Gasteiger charge is -2.33. The Morgan fingerprint density at radius 3 is 2.59 bits per heavy atom. The Bertz CT molecular complexity index is 1160. The molecule has 2 aromatic heterocycles. The Balaban J connectivity index is 1.59. The summed E-state index contributed by atoms with van der Waals surface area (Å²) in [5, 5.41) is 49.1. The third-order valence-electron chi connectivity index (χ3n) is 6.37. The van der Waals surface area contributed by atoms with Crippen LogP contribution >= 0.6 is 11.3 Å². The number of para-hydroxylation sites is 1. The zero-order valence-corrected chi connectivity index (χ0v) is 18.9. The first-order chi connectivity index (χ1) is 15.0. The number of thiazole rings is 1. The Kier molecular flexibility index (Phi) is 4.74. The van der Waals surface area contributed by atoms with Crippen LogP contribution in [0.25, 0.3) is 20.8 Å². The summed E-state index contributed by atoms with van der Waals surface area (Å²) in [4.78, 5) is 13.8. The average Bonchev–Trinajstić information content (AvgIpc) is 3.01. The van der Waals surface area contributed by atoms with Crippen LogP contribution in [0.5, 0.6) is 0 Å². The summed E-state index contributed by atoms with van der Waals surface area (Å²) in [5.41, 5.74) is -2.22. The molecule has 0 amide bonds. The van der Waals surface area contributed by atoms with Crippen molar-refractivity contribution >= 4 is 33.3 Å². The maximum Gasteiger partial charge on any atom is 0.225 e. The van der Waals surface area contributed by atoms with Gasteiger partial charge in [0.15, 0.2) is 5.72 Å². The van der Waals surface area contributed by atoms with Crippen LogP contribution < -0.4 is 10.6 Å². The fraction of sp³-hybridized carbons (Fsp3) is 0.500. The summed E-state index contributed by atoms with van der Waals surface area (Å²) in [6, 6.07) is 7.78. The first-order valence-electron chi connectivity index (χ1n) is 10.6. The SMILES string of the molecule is Cc1nc(NCC(C)(C)O)nc(NC2(O)CCC3C(O)C32O)c1-c1nc2ccccc2s1. The highest BCUT2D eigenvalue weighted by Crippen LogP contribution is 2.61. The van der Waals surface area contributed by atoms with E-state index in [0.717, 1.165) is 10.2 Å². The summed E-state index contributed by atoms with van der Waals surface area (Å²) >= 11 is 1.48. The first-order valence-corrected chi connectivity index (χ1v) is 11.5. The van der Waals surface area contributed by atoms with E-state index < -0.39 is 23.0 Å². The molecule has 0 aliphatic heterocycles. The molecule has 0 radical (unpaired) electrons. The van der Waals surface area contributed by atoms with Gasteiger partial charge in [0, 0.05) is 12.5 Å². The number of hydrogen-bond acceptors (Lipinski definition) is 10. The van der Waals surface area contributed by atoms with Gasteiger partial charge in [0.1, 0.15) is 16.4 Å². The number of benzene rings is 1. The molecule has 0 spiro atoms. The van der Waals surface area contributed by atoms with Gasteiger partial charge < -0.3 is 31.1 Å². The van der Waals surface area contributed by atoms with Crippen molar-refractivity contribution in [2.24, 2.45) is 5.92 Å². The highest BCUT2D eigenvalue weighted by Gasteiger charge is 2.78. The quantitative estimate of drug-likeness (QED) is 0.306. The van der Waals surface area contributed by atoms with Gasteiger partial charge in [0.2, 0.25) is 5.95 Å². The lowest BCUT2D eigenvalue weighted by molar-refractivity contribution is -0.0851. The Hall–Kier alpha value is -2.37. The Morgan fingerprint density at radius 2 is 1.94 bits per heavy atom. The third-order valence-corrected chi connectivity index (χ3v) is 7.42. The second-order valence-electron chi connectivity index (χ2n) is 9.41. The fourth-order valence-corrected chi connectivity index (χ4v) is 5.61. The molecule has 5 rings (SSSR count). The molecule has 2 aliphatic rings. The highest BCUT2D eigenvalue weighted by molar-refractivity contribution is 7.21. The number of fused-ring (bicyclic) bond motifs is 2. The van der Waals surface area contributed by atoms with Gasteiger partial charge in [-0.25, -0.2) is 9.97 Å². The molecule has 2 fully saturated rings. The van der Waals surface area contributed by atoms with Gasteiger partial charge >= 0.3 is 0 Å². The largest absolute Gasteiger partial charge is 0.390 e. The van der Waals surface area contributed by atoms with Crippen LogP contribution in [-0.2, 0) is 0 Å². The van der Waals surface area contributed by atoms with Crippen molar-refractivity contribution in [3.8, 4) is 10.6 Å². The van der Waals surface area contributed by atoms with Crippen molar-refractivity contribution < 1.29 is 20.4 Å². The van der Waals surface area contributed by atoms with Crippen LogP contribution in [0, 0.1) is 12.8 Å². The molecule has 9 nitrogen and oxygen atoms in total. The molecule has 2 saturated carbocycles. The number of rotatable bonds is 6. The summed E-state index contributed by atoms with van der Waals surface area (Å²) in [7, 11) is 0. The van der Waals surface area contributed by atoms with E-state index in [1.807, 2.05) is 31.2 Å². The zero-order chi connectivity index (χ0) is 22.9. The predicted octanol–water partition coefficient (Wildman–Crippen LogP) is 1.86. The van der Waals surface area contributed by atoms with Gasteiger partial charge in [-0.3, -0.25) is 0 Å². The molecule has 4 atom stereocenters. The van der Waals surface area contributed by atoms with Crippen molar-refractivity contribution in [1.29, 1.82) is 0 Å². The van der Waals surface area contributed by atoms with Crippen molar-refractivity contribution in [2.75, 3.05) is 17.2 Å². The molecule has 4 unspecified atom stereocenters. The normalized spacial score (nSPS) is 29.2. The Labute approximate surface area is 189 Å². The molecular weight excluding hydrogens is 430 g/mol. The lowest BCUT2D eigenvalue weighted by Crippen LogP contribution is -2.51. The molecule has 2 heterocycles. The molecule has 0 bridgehead atoms. The smallest absolute Gasteiger partial charge is 0.225 e. The number of nitrogens with zero attached hydrogens (tertiary/aromatic N) is 3. The highest BCUT2D eigenvalue weighted by atomic mass is 32.1. The van der Waals surface area contributed by atoms with Gasteiger partial charge in [0.25, 0.3) is 0 Å². The van der Waals surface area contributed by atoms with E-state index in [9.17, 15) is 20.4 Å².